The molecule has 0 aliphatic carbocycles. The Morgan fingerprint density at radius 2 is 1.81 bits per heavy atom. The van der Waals surface area contributed by atoms with Gasteiger partial charge in [-0.15, -0.1) is 0 Å². The maximum Gasteiger partial charge on any atom is 0.113 e. The van der Waals surface area contributed by atoms with E-state index in [9.17, 15) is 5.11 Å². The number of aliphatic hydroxyl groups is 1. The van der Waals surface area contributed by atoms with Crippen molar-refractivity contribution in [1.29, 1.82) is 0 Å². The summed E-state index contributed by atoms with van der Waals surface area (Å²) in [6.45, 7) is 6.00. The van der Waals surface area contributed by atoms with Crippen molar-refractivity contribution < 1.29 is 5.11 Å². The molecule has 0 amide bonds. The van der Waals surface area contributed by atoms with Crippen molar-refractivity contribution in [3.8, 4) is 0 Å². The first-order valence-corrected chi connectivity index (χ1v) is 6.29. The van der Waals surface area contributed by atoms with Crippen LogP contribution in [-0.2, 0) is 5.60 Å². The minimum Gasteiger partial charge on any atom is -0.381 e. The first-order chi connectivity index (χ1) is 7.51. The number of thiophene rings is 1. The average Bonchev–Trinajstić information content (AvgIpc) is 2.75. The third-order valence-electron chi connectivity index (χ3n) is 3.15. The van der Waals surface area contributed by atoms with Crippen molar-refractivity contribution in [3.05, 3.63) is 57.3 Å². The Morgan fingerprint density at radius 1 is 1.06 bits per heavy atom. The van der Waals surface area contributed by atoms with E-state index in [0.29, 0.717) is 0 Å². The highest BCUT2D eigenvalue weighted by molar-refractivity contribution is 7.08. The Balaban J connectivity index is 2.47. The van der Waals surface area contributed by atoms with Crippen LogP contribution in [0.5, 0.6) is 0 Å². The van der Waals surface area contributed by atoms with Gasteiger partial charge in [0.25, 0.3) is 0 Å². The molecule has 0 saturated carbocycles. The standard InChI is InChI=1S/C14H16OS/c1-10-4-5-12(8-11(10)2)14(3,15)13-6-7-16-9-13/h4-9,15H,1-3H3. The lowest BCUT2D eigenvalue weighted by molar-refractivity contribution is 0.103. The van der Waals surface area contributed by atoms with E-state index < -0.39 is 5.60 Å². The molecule has 0 saturated heterocycles. The van der Waals surface area contributed by atoms with Gasteiger partial charge in [-0.25, -0.2) is 0 Å². The highest BCUT2D eigenvalue weighted by Gasteiger charge is 2.25. The molecule has 0 radical (unpaired) electrons. The van der Waals surface area contributed by atoms with Gasteiger partial charge >= 0.3 is 0 Å². The van der Waals surface area contributed by atoms with E-state index in [1.165, 1.54) is 11.1 Å². The van der Waals surface area contributed by atoms with Gasteiger partial charge in [0, 0.05) is 0 Å². The number of rotatable bonds is 2. The SMILES string of the molecule is Cc1ccc(C(C)(O)c2ccsc2)cc1C. The second kappa shape index (κ2) is 4.04. The first-order valence-electron chi connectivity index (χ1n) is 5.34. The first kappa shape index (κ1) is 11.4. The second-order valence-corrected chi connectivity index (χ2v) is 5.16. The largest absolute Gasteiger partial charge is 0.381 e. The molecule has 1 aromatic heterocycles. The van der Waals surface area contributed by atoms with Crippen molar-refractivity contribution >= 4 is 11.3 Å². The summed E-state index contributed by atoms with van der Waals surface area (Å²) in [6.07, 6.45) is 0. The zero-order valence-electron chi connectivity index (χ0n) is 9.82. The van der Waals surface area contributed by atoms with E-state index in [0.717, 1.165) is 11.1 Å². The molecule has 1 unspecified atom stereocenters. The van der Waals surface area contributed by atoms with E-state index in [1.807, 2.05) is 29.8 Å². The molecule has 16 heavy (non-hydrogen) atoms. The summed E-state index contributed by atoms with van der Waals surface area (Å²) < 4.78 is 0. The lowest BCUT2D eigenvalue weighted by Crippen LogP contribution is -2.22. The molecule has 1 aromatic carbocycles. The Kier molecular flexibility index (Phi) is 2.87. The molecular weight excluding hydrogens is 216 g/mol. The van der Waals surface area contributed by atoms with E-state index in [-0.39, 0.29) is 0 Å². The molecule has 1 heterocycles. The summed E-state index contributed by atoms with van der Waals surface area (Å²) >= 11 is 1.61. The quantitative estimate of drug-likeness (QED) is 0.838. The van der Waals surface area contributed by atoms with Crippen LogP contribution in [0.4, 0.5) is 0 Å². The molecule has 84 valence electrons. The fourth-order valence-electron chi connectivity index (χ4n) is 1.75. The van der Waals surface area contributed by atoms with E-state index in [1.54, 1.807) is 11.3 Å². The lowest BCUT2D eigenvalue weighted by atomic mass is 9.88. The van der Waals surface area contributed by atoms with Gasteiger partial charge in [-0.3, -0.25) is 0 Å². The Labute approximate surface area is 100 Å². The fraction of sp³-hybridized carbons (Fsp3) is 0.286. The van der Waals surface area contributed by atoms with Crippen molar-refractivity contribution in [2.45, 2.75) is 26.4 Å². The highest BCUT2D eigenvalue weighted by Crippen LogP contribution is 2.31. The molecule has 2 heteroatoms. The zero-order chi connectivity index (χ0) is 11.8. The minimum atomic E-state index is -0.890. The van der Waals surface area contributed by atoms with Gasteiger partial charge in [-0.05, 0) is 59.9 Å². The molecule has 2 aromatic rings. The summed E-state index contributed by atoms with van der Waals surface area (Å²) in [6, 6.07) is 8.10. The van der Waals surface area contributed by atoms with Crippen LogP contribution in [0.3, 0.4) is 0 Å². The maximum atomic E-state index is 10.6. The van der Waals surface area contributed by atoms with Crippen molar-refractivity contribution in [3.63, 3.8) is 0 Å². The highest BCUT2D eigenvalue weighted by atomic mass is 32.1. The van der Waals surface area contributed by atoms with Gasteiger partial charge in [0.2, 0.25) is 0 Å². The minimum absolute atomic E-state index is 0.890. The van der Waals surface area contributed by atoms with Gasteiger partial charge in [0.1, 0.15) is 5.60 Å². The molecule has 0 aliphatic rings. The van der Waals surface area contributed by atoms with Crippen molar-refractivity contribution in [2.24, 2.45) is 0 Å². The lowest BCUT2D eigenvalue weighted by Gasteiger charge is -2.23. The normalized spacial score (nSPS) is 14.8. The monoisotopic (exact) mass is 232 g/mol. The smallest absolute Gasteiger partial charge is 0.113 e. The number of hydrogen-bond acceptors (Lipinski definition) is 2. The number of benzene rings is 1. The Hall–Kier alpha value is -1.12. The molecule has 0 aliphatic heterocycles. The summed E-state index contributed by atoms with van der Waals surface area (Å²) in [5.74, 6) is 0. The van der Waals surface area contributed by atoms with Gasteiger partial charge in [-0.2, -0.15) is 11.3 Å². The molecule has 2 rings (SSSR count). The second-order valence-electron chi connectivity index (χ2n) is 4.38. The number of aryl methyl sites for hydroxylation is 2. The fourth-order valence-corrected chi connectivity index (χ4v) is 2.51. The van der Waals surface area contributed by atoms with Crippen LogP contribution in [0.25, 0.3) is 0 Å². The summed E-state index contributed by atoms with van der Waals surface area (Å²) in [5, 5.41) is 14.6. The summed E-state index contributed by atoms with van der Waals surface area (Å²) in [4.78, 5) is 0. The van der Waals surface area contributed by atoms with Gasteiger partial charge in [-0.1, -0.05) is 18.2 Å². The molecule has 1 nitrogen and oxygen atoms in total. The predicted molar refractivity (Wildman–Crippen MR) is 68.9 cm³/mol. The van der Waals surface area contributed by atoms with Crippen LogP contribution in [0.2, 0.25) is 0 Å². The van der Waals surface area contributed by atoms with Crippen molar-refractivity contribution in [1.82, 2.24) is 0 Å². The molecule has 1 N–H and O–H groups in total. The molecule has 0 spiro atoms. The molecule has 1 atom stereocenters. The summed E-state index contributed by atoms with van der Waals surface area (Å²) in [5.41, 5.74) is 3.49. The Bertz CT molecular complexity index is 483. The van der Waals surface area contributed by atoms with Crippen LogP contribution >= 0.6 is 11.3 Å². The van der Waals surface area contributed by atoms with Crippen LogP contribution in [0, 0.1) is 13.8 Å². The third kappa shape index (κ3) is 1.91. The van der Waals surface area contributed by atoms with E-state index in [2.05, 4.69) is 26.0 Å². The zero-order valence-corrected chi connectivity index (χ0v) is 10.6. The maximum absolute atomic E-state index is 10.6. The van der Waals surface area contributed by atoms with Gasteiger partial charge in [0.15, 0.2) is 0 Å². The topological polar surface area (TPSA) is 20.2 Å². The van der Waals surface area contributed by atoms with Crippen molar-refractivity contribution in [2.75, 3.05) is 0 Å². The molecular formula is C14H16OS. The summed E-state index contributed by atoms with van der Waals surface area (Å²) in [7, 11) is 0. The predicted octanol–water partition coefficient (Wildman–Crippen LogP) is 3.62. The number of hydrogen-bond donors (Lipinski definition) is 1. The average molecular weight is 232 g/mol. The van der Waals surface area contributed by atoms with Gasteiger partial charge in [0.05, 0.1) is 0 Å². The van der Waals surface area contributed by atoms with Gasteiger partial charge < -0.3 is 5.11 Å². The van der Waals surface area contributed by atoms with Crippen LogP contribution in [0.15, 0.2) is 35.0 Å². The third-order valence-corrected chi connectivity index (χ3v) is 3.84. The van der Waals surface area contributed by atoms with Crippen LogP contribution < -0.4 is 0 Å². The van der Waals surface area contributed by atoms with Crippen LogP contribution in [0.1, 0.15) is 29.2 Å². The molecule has 0 bridgehead atoms. The Morgan fingerprint density at radius 3 is 2.38 bits per heavy atom. The van der Waals surface area contributed by atoms with E-state index in [4.69, 9.17) is 0 Å². The van der Waals surface area contributed by atoms with E-state index >= 15 is 0 Å². The molecule has 0 fully saturated rings. The van der Waals surface area contributed by atoms with Crippen LogP contribution in [-0.4, -0.2) is 5.11 Å².